The van der Waals surface area contributed by atoms with E-state index in [1.807, 2.05) is 35.1 Å². The lowest BCUT2D eigenvalue weighted by Gasteiger charge is -2.36. The minimum absolute atomic E-state index is 0.00709. The van der Waals surface area contributed by atoms with Gasteiger partial charge in [0.1, 0.15) is 24.6 Å². The van der Waals surface area contributed by atoms with Gasteiger partial charge >= 0.3 is 5.97 Å². The summed E-state index contributed by atoms with van der Waals surface area (Å²) in [5, 5.41) is 0.464. The molecule has 0 radical (unpaired) electrons. The Morgan fingerprint density at radius 2 is 1.94 bits per heavy atom. The number of rotatable bonds is 5. The molecule has 1 aliphatic rings. The van der Waals surface area contributed by atoms with Crippen LogP contribution in [0.5, 0.6) is 5.75 Å². The van der Waals surface area contributed by atoms with Crippen LogP contribution in [0.25, 0.3) is 10.8 Å². The van der Waals surface area contributed by atoms with E-state index in [2.05, 4.69) is 0 Å². The molecule has 1 amide bonds. The molecule has 0 atom stereocenters. The van der Waals surface area contributed by atoms with Gasteiger partial charge in [0, 0.05) is 5.39 Å². The predicted molar refractivity (Wildman–Crippen MR) is 114 cm³/mol. The van der Waals surface area contributed by atoms with Gasteiger partial charge in [-0.2, -0.15) is 0 Å². The predicted octanol–water partition coefficient (Wildman–Crippen LogP) is 3.86. The summed E-state index contributed by atoms with van der Waals surface area (Å²) < 4.78 is 49.6. The fourth-order valence-corrected chi connectivity index (χ4v) is 4.52. The highest BCUT2D eigenvalue weighted by atomic mass is 32.3. The number of nitrogens with one attached hydrogen (secondary N) is 1. The number of hydrogen-bond donors (Lipinski definition) is 3. The fourth-order valence-electron chi connectivity index (χ4n) is 3.32. The summed E-state index contributed by atoms with van der Waals surface area (Å²) in [6, 6.07) is 14.9. The van der Waals surface area contributed by atoms with Crippen molar-refractivity contribution in [2.75, 3.05) is 18.0 Å². The monoisotopic (exact) mass is 446 g/mol. The lowest BCUT2D eigenvalue weighted by Crippen LogP contribution is -2.26. The van der Waals surface area contributed by atoms with E-state index in [1.165, 1.54) is 31.4 Å². The first kappa shape index (κ1) is 20.9. The number of benzene rings is 3. The number of carbonyl (C=O) groups excluding carboxylic acids is 2. The summed E-state index contributed by atoms with van der Waals surface area (Å²) in [5.74, 6) is -2.06. The van der Waals surface area contributed by atoms with E-state index < -0.39 is 35.2 Å². The van der Waals surface area contributed by atoms with E-state index >= 15 is 4.39 Å². The number of anilines is 1. The fraction of sp³-hybridized carbons (Fsp3) is 0.143. The highest BCUT2D eigenvalue weighted by Gasteiger charge is 2.38. The van der Waals surface area contributed by atoms with Gasteiger partial charge in [-0.15, -0.1) is 0 Å². The van der Waals surface area contributed by atoms with E-state index in [-0.39, 0.29) is 29.0 Å². The molecule has 0 aliphatic carbocycles. The van der Waals surface area contributed by atoms with Gasteiger partial charge in [-0.1, -0.05) is 36.4 Å². The molecule has 0 aromatic heterocycles. The normalized spacial score (nSPS) is 16.1. The maximum Gasteiger partial charge on any atom is 0.337 e. The molecule has 1 aliphatic heterocycles. The summed E-state index contributed by atoms with van der Waals surface area (Å²) in [5.41, 5.74) is 0.769. The lowest BCUT2D eigenvalue weighted by molar-refractivity contribution is -0.117. The summed E-state index contributed by atoms with van der Waals surface area (Å²) >= 11 is 0. The van der Waals surface area contributed by atoms with Crippen molar-refractivity contribution >= 4 is 39.3 Å². The number of hydrogen-bond acceptors (Lipinski definition) is 7. The van der Waals surface area contributed by atoms with Gasteiger partial charge in [0.25, 0.3) is 5.91 Å². The van der Waals surface area contributed by atoms with E-state index in [0.29, 0.717) is 5.39 Å². The zero-order valence-corrected chi connectivity index (χ0v) is 17.2. The molecule has 3 aromatic rings. The average Bonchev–Trinajstić information content (AvgIpc) is 3.03. The molecule has 31 heavy (non-hydrogen) atoms. The SMILES string of the molecule is COC(=O)c1ccc2c(F)c(N3CC(=O)NS3(O)O)c(OCc3ccccc3)cc2c1. The number of amides is 1. The van der Waals surface area contributed by atoms with Crippen LogP contribution in [-0.2, 0) is 16.1 Å². The number of nitrogens with zero attached hydrogens (tertiary/aromatic N) is 1. The van der Waals surface area contributed by atoms with Gasteiger partial charge in [0.15, 0.2) is 5.82 Å². The van der Waals surface area contributed by atoms with Gasteiger partial charge in [0.05, 0.1) is 12.7 Å². The number of halogens is 1. The first-order chi connectivity index (χ1) is 14.8. The smallest absolute Gasteiger partial charge is 0.337 e. The van der Waals surface area contributed by atoms with Gasteiger partial charge in [-0.25, -0.2) is 18.2 Å². The standard InChI is InChI=1S/C21H19FN2O6S/c1-29-21(26)14-7-8-16-15(9-14)10-17(30-12-13-5-3-2-4-6-13)20(19(16)22)24-11-18(25)23-31(24,27)28/h2-10,27-28H,11-12H2,1H3,(H,23,25). The van der Waals surface area contributed by atoms with E-state index in [0.717, 1.165) is 9.87 Å². The molecule has 162 valence electrons. The Morgan fingerprint density at radius 3 is 2.58 bits per heavy atom. The molecule has 3 aromatic carbocycles. The number of fused-ring (bicyclic) bond motifs is 1. The molecule has 8 nitrogen and oxygen atoms in total. The van der Waals surface area contributed by atoms with Crippen LogP contribution in [0.15, 0.2) is 54.6 Å². The minimum atomic E-state index is -3.77. The van der Waals surface area contributed by atoms with Crippen molar-refractivity contribution in [2.24, 2.45) is 0 Å². The molecule has 0 bridgehead atoms. The van der Waals surface area contributed by atoms with Gasteiger partial charge in [0.2, 0.25) is 0 Å². The zero-order chi connectivity index (χ0) is 22.2. The number of methoxy groups -OCH3 is 1. The number of esters is 1. The topological polar surface area (TPSA) is 108 Å². The Balaban J connectivity index is 1.85. The lowest BCUT2D eigenvalue weighted by atomic mass is 10.0. The molecule has 1 fully saturated rings. The molecular formula is C21H19FN2O6S. The highest BCUT2D eigenvalue weighted by Crippen LogP contribution is 2.51. The Kier molecular flexibility index (Phi) is 5.44. The summed E-state index contributed by atoms with van der Waals surface area (Å²) in [4.78, 5) is 23.7. The summed E-state index contributed by atoms with van der Waals surface area (Å²) in [7, 11) is -2.53. The average molecular weight is 446 g/mol. The molecular weight excluding hydrogens is 427 g/mol. The third-order valence-corrected chi connectivity index (χ3v) is 6.20. The van der Waals surface area contributed by atoms with Crippen molar-refractivity contribution in [1.29, 1.82) is 0 Å². The Morgan fingerprint density at radius 1 is 1.19 bits per heavy atom. The molecule has 3 N–H and O–H groups in total. The van der Waals surface area contributed by atoms with E-state index in [9.17, 15) is 18.7 Å². The van der Waals surface area contributed by atoms with Crippen LogP contribution in [-0.4, -0.2) is 34.6 Å². The van der Waals surface area contributed by atoms with Crippen molar-refractivity contribution in [3.8, 4) is 5.75 Å². The quantitative estimate of drug-likeness (QED) is 0.511. The Bertz CT molecular complexity index is 1170. The first-order valence-corrected chi connectivity index (χ1v) is 10.7. The third-order valence-electron chi connectivity index (χ3n) is 4.77. The second-order valence-electron chi connectivity index (χ2n) is 6.82. The van der Waals surface area contributed by atoms with Crippen LogP contribution < -0.4 is 13.8 Å². The highest BCUT2D eigenvalue weighted by molar-refractivity contribution is 8.24. The van der Waals surface area contributed by atoms with Gasteiger partial charge in [-0.05, 0) is 40.1 Å². The minimum Gasteiger partial charge on any atom is -0.487 e. The van der Waals surface area contributed by atoms with Crippen LogP contribution >= 0.6 is 11.0 Å². The molecule has 1 saturated heterocycles. The molecule has 10 heteroatoms. The van der Waals surface area contributed by atoms with E-state index in [4.69, 9.17) is 9.47 Å². The third kappa shape index (κ3) is 4.00. The maximum absolute atomic E-state index is 15.6. The molecule has 0 saturated carbocycles. The second-order valence-corrected chi connectivity index (χ2v) is 8.50. The van der Waals surface area contributed by atoms with Crippen molar-refractivity contribution in [3.05, 3.63) is 71.5 Å². The number of ether oxygens (including phenoxy) is 2. The van der Waals surface area contributed by atoms with Crippen LogP contribution in [0.2, 0.25) is 0 Å². The number of carbonyl (C=O) groups is 2. The largest absolute Gasteiger partial charge is 0.487 e. The van der Waals surface area contributed by atoms with E-state index in [1.54, 1.807) is 0 Å². The van der Waals surface area contributed by atoms with Gasteiger partial charge < -0.3 is 9.47 Å². The second kappa shape index (κ2) is 8.06. The van der Waals surface area contributed by atoms with Crippen LogP contribution in [0, 0.1) is 5.82 Å². The Hall–Kier alpha value is -3.34. The van der Waals surface area contributed by atoms with Crippen molar-refractivity contribution in [2.45, 2.75) is 6.61 Å². The molecule has 1 heterocycles. The maximum atomic E-state index is 15.6. The van der Waals surface area contributed by atoms with Crippen molar-refractivity contribution in [1.82, 2.24) is 4.72 Å². The molecule has 4 rings (SSSR count). The molecule has 0 unspecified atom stereocenters. The van der Waals surface area contributed by atoms with Crippen LogP contribution in [0.1, 0.15) is 15.9 Å². The first-order valence-electron chi connectivity index (χ1n) is 9.18. The summed E-state index contributed by atoms with van der Waals surface area (Å²) in [6.07, 6.45) is 0. The van der Waals surface area contributed by atoms with Crippen LogP contribution in [0.3, 0.4) is 0 Å². The van der Waals surface area contributed by atoms with Crippen LogP contribution in [0.4, 0.5) is 10.1 Å². The van der Waals surface area contributed by atoms with Gasteiger partial charge in [-0.3, -0.25) is 13.9 Å². The molecule has 0 spiro atoms. The van der Waals surface area contributed by atoms with Crippen molar-refractivity contribution < 1.29 is 32.6 Å². The van der Waals surface area contributed by atoms with Crippen molar-refractivity contribution in [3.63, 3.8) is 0 Å². The Labute approximate surface area is 178 Å². The summed E-state index contributed by atoms with van der Waals surface area (Å²) in [6.45, 7) is -0.378. The zero-order valence-electron chi connectivity index (χ0n) is 16.4.